The van der Waals surface area contributed by atoms with Crippen molar-refractivity contribution in [2.75, 3.05) is 0 Å². The van der Waals surface area contributed by atoms with E-state index in [4.69, 9.17) is 0 Å². The first-order valence-corrected chi connectivity index (χ1v) is 3.31. The van der Waals surface area contributed by atoms with Crippen molar-refractivity contribution in [3.8, 4) is 0 Å². The molecule has 0 spiro atoms. The molecule has 0 aromatic rings. The Bertz CT molecular complexity index is 164. The van der Waals surface area contributed by atoms with Crippen molar-refractivity contribution in [2.45, 2.75) is 13.3 Å². The summed E-state index contributed by atoms with van der Waals surface area (Å²) in [5.41, 5.74) is 1.02. The van der Waals surface area contributed by atoms with E-state index in [1.54, 1.807) is 18.4 Å². The lowest BCUT2D eigenvalue weighted by Crippen LogP contribution is -1.73. The van der Waals surface area contributed by atoms with Crippen LogP contribution < -0.4 is 0 Å². The summed E-state index contributed by atoms with van der Waals surface area (Å²) in [6.45, 7) is 9.16. The standard InChI is InChI=1S/C9H13N/c1-4-7-9(6-3)10-8-5-2/h4-5,7-8H,1-2,6H2,3H3/b9-7+,10-8-. The predicted octanol–water partition coefficient (Wildman–Crippen LogP) is 2.72. The second kappa shape index (κ2) is 6.02. The monoisotopic (exact) mass is 135 g/mol. The fraction of sp³-hybridized carbons (Fsp3) is 0.222. The van der Waals surface area contributed by atoms with E-state index in [9.17, 15) is 0 Å². The number of allylic oxidation sites excluding steroid dienone is 4. The largest absolute Gasteiger partial charge is 0.261 e. The van der Waals surface area contributed by atoms with E-state index in [2.05, 4.69) is 25.1 Å². The van der Waals surface area contributed by atoms with Gasteiger partial charge in [-0.2, -0.15) is 0 Å². The predicted molar refractivity (Wildman–Crippen MR) is 47.3 cm³/mol. The van der Waals surface area contributed by atoms with E-state index >= 15 is 0 Å². The van der Waals surface area contributed by atoms with Crippen LogP contribution >= 0.6 is 0 Å². The molecule has 0 amide bonds. The quantitative estimate of drug-likeness (QED) is 0.415. The molecule has 1 nitrogen and oxygen atoms in total. The Morgan fingerprint density at radius 1 is 1.40 bits per heavy atom. The highest BCUT2D eigenvalue weighted by atomic mass is 14.7. The topological polar surface area (TPSA) is 12.4 Å². The van der Waals surface area contributed by atoms with Crippen LogP contribution in [0.15, 0.2) is 42.1 Å². The maximum absolute atomic E-state index is 4.10. The van der Waals surface area contributed by atoms with Crippen LogP contribution in [0.3, 0.4) is 0 Å². The highest BCUT2D eigenvalue weighted by molar-refractivity contribution is 5.71. The molecule has 1 heteroatoms. The normalized spacial score (nSPS) is 11.9. The van der Waals surface area contributed by atoms with Crippen LogP contribution in [0.1, 0.15) is 13.3 Å². The molecule has 0 aliphatic carbocycles. The van der Waals surface area contributed by atoms with Crippen LogP contribution in [0.4, 0.5) is 0 Å². The van der Waals surface area contributed by atoms with Crippen LogP contribution in [0, 0.1) is 0 Å². The molecule has 0 heterocycles. The number of nitrogens with zero attached hydrogens (tertiary/aromatic N) is 1. The third-order valence-corrected chi connectivity index (χ3v) is 1.02. The van der Waals surface area contributed by atoms with E-state index in [0.29, 0.717) is 0 Å². The van der Waals surface area contributed by atoms with E-state index < -0.39 is 0 Å². The van der Waals surface area contributed by atoms with Gasteiger partial charge in [-0.1, -0.05) is 32.2 Å². The van der Waals surface area contributed by atoms with Gasteiger partial charge in [-0.05, 0) is 12.5 Å². The van der Waals surface area contributed by atoms with Crippen molar-refractivity contribution in [3.05, 3.63) is 37.1 Å². The van der Waals surface area contributed by atoms with Crippen molar-refractivity contribution < 1.29 is 0 Å². The van der Waals surface area contributed by atoms with Gasteiger partial charge in [-0.25, -0.2) is 0 Å². The molecule has 0 aromatic heterocycles. The third-order valence-electron chi connectivity index (χ3n) is 1.02. The maximum atomic E-state index is 4.10. The fourth-order valence-electron chi connectivity index (χ4n) is 0.537. The van der Waals surface area contributed by atoms with Crippen molar-refractivity contribution in [3.63, 3.8) is 0 Å². The summed E-state index contributed by atoms with van der Waals surface area (Å²) in [6, 6.07) is 0. The van der Waals surface area contributed by atoms with Crippen LogP contribution in [0.5, 0.6) is 0 Å². The minimum Gasteiger partial charge on any atom is -0.261 e. The van der Waals surface area contributed by atoms with Crippen LogP contribution in [0.2, 0.25) is 0 Å². The number of aliphatic imine (C=N–C) groups is 1. The number of hydrogen-bond acceptors (Lipinski definition) is 1. The van der Waals surface area contributed by atoms with E-state index in [-0.39, 0.29) is 0 Å². The summed E-state index contributed by atoms with van der Waals surface area (Å²) in [4.78, 5) is 4.10. The molecule has 0 radical (unpaired) electrons. The molecule has 54 valence electrons. The SMILES string of the molecule is C=C/C=N\C(=C\C=C)CC. The summed E-state index contributed by atoms with van der Waals surface area (Å²) in [5.74, 6) is 0. The molecule has 0 atom stereocenters. The highest BCUT2D eigenvalue weighted by Crippen LogP contribution is 2.00. The Labute approximate surface area is 62.5 Å². The molecular weight excluding hydrogens is 122 g/mol. The molecule has 0 aromatic carbocycles. The van der Waals surface area contributed by atoms with Gasteiger partial charge >= 0.3 is 0 Å². The third kappa shape index (κ3) is 3.84. The summed E-state index contributed by atoms with van der Waals surface area (Å²) >= 11 is 0. The molecule has 0 aliphatic rings. The Morgan fingerprint density at radius 2 is 2.10 bits per heavy atom. The first-order chi connectivity index (χ1) is 4.85. The van der Waals surface area contributed by atoms with E-state index in [1.807, 2.05) is 6.08 Å². The molecule has 0 N–H and O–H groups in total. The molecule has 0 saturated heterocycles. The zero-order chi connectivity index (χ0) is 7.82. The molecule has 10 heavy (non-hydrogen) atoms. The van der Waals surface area contributed by atoms with Gasteiger partial charge in [-0.3, -0.25) is 4.99 Å². The summed E-state index contributed by atoms with van der Waals surface area (Å²) in [6.07, 6.45) is 7.89. The molecule has 0 bridgehead atoms. The molecule has 0 fully saturated rings. The second-order valence-corrected chi connectivity index (χ2v) is 1.76. The lowest BCUT2D eigenvalue weighted by molar-refractivity contribution is 1.07. The first kappa shape index (κ1) is 8.89. The van der Waals surface area contributed by atoms with Gasteiger partial charge < -0.3 is 0 Å². The summed E-state index contributed by atoms with van der Waals surface area (Å²) < 4.78 is 0. The first-order valence-electron chi connectivity index (χ1n) is 3.31. The number of hydrogen-bond donors (Lipinski definition) is 0. The summed E-state index contributed by atoms with van der Waals surface area (Å²) in [5, 5.41) is 0. The average molecular weight is 135 g/mol. The minimum absolute atomic E-state index is 0.927. The van der Waals surface area contributed by atoms with E-state index in [0.717, 1.165) is 12.1 Å². The zero-order valence-corrected chi connectivity index (χ0v) is 6.38. The highest BCUT2D eigenvalue weighted by Gasteiger charge is 1.82. The van der Waals surface area contributed by atoms with Gasteiger partial charge in [0.2, 0.25) is 0 Å². The fourth-order valence-corrected chi connectivity index (χ4v) is 0.537. The molecule has 0 rings (SSSR count). The van der Waals surface area contributed by atoms with Crippen LogP contribution in [-0.2, 0) is 0 Å². The second-order valence-electron chi connectivity index (χ2n) is 1.76. The van der Waals surface area contributed by atoms with Crippen molar-refractivity contribution in [1.82, 2.24) is 0 Å². The van der Waals surface area contributed by atoms with Gasteiger partial charge in [0.1, 0.15) is 0 Å². The smallest absolute Gasteiger partial charge is 0.0400 e. The van der Waals surface area contributed by atoms with E-state index in [1.165, 1.54) is 0 Å². The van der Waals surface area contributed by atoms with Gasteiger partial charge in [0.15, 0.2) is 0 Å². The number of rotatable bonds is 4. The Morgan fingerprint density at radius 3 is 2.50 bits per heavy atom. The van der Waals surface area contributed by atoms with Gasteiger partial charge in [0, 0.05) is 11.9 Å². The van der Waals surface area contributed by atoms with Crippen LogP contribution in [-0.4, -0.2) is 6.21 Å². The molecule has 0 saturated carbocycles. The van der Waals surface area contributed by atoms with Crippen molar-refractivity contribution in [1.29, 1.82) is 0 Å². The van der Waals surface area contributed by atoms with Crippen LogP contribution in [0.25, 0.3) is 0 Å². The molecule has 0 unspecified atom stereocenters. The lowest BCUT2D eigenvalue weighted by Gasteiger charge is -1.90. The molecule has 0 aliphatic heterocycles. The van der Waals surface area contributed by atoms with Crippen molar-refractivity contribution in [2.24, 2.45) is 4.99 Å². The lowest BCUT2D eigenvalue weighted by atomic mass is 10.3. The molecular formula is C9H13N. The minimum atomic E-state index is 0.927. The van der Waals surface area contributed by atoms with Crippen molar-refractivity contribution >= 4 is 6.21 Å². The van der Waals surface area contributed by atoms with Gasteiger partial charge in [0.25, 0.3) is 0 Å². The van der Waals surface area contributed by atoms with Gasteiger partial charge in [-0.15, -0.1) is 0 Å². The van der Waals surface area contributed by atoms with Gasteiger partial charge in [0.05, 0.1) is 0 Å². The Kier molecular flexibility index (Phi) is 5.35. The maximum Gasteiger partial charge on any atom is 0.0400 e. The zero-order valence-electron chi connectivity index (χ0n) is 6.38. The Hall–Kier alpha value is -1.11. The summed E-state index contributed by atoms with van der Waals surface area (Å²) in [7, 11) is 0. The average Bonchev–Trinajstić information content (AvgIpc) is 1.98. The Balaban J connectivity index is 4.06.